The van der Waals surface area contributed by atoms with Gasteiger partial charge in [0, 0.05) is 24.6 Å². The molecule has 0 radical (unpaired) electrons. The first-order valence-corrected chi connectivity index (χ1v) is 11.5. The highest BCUT2D eigenvalue weighted by Crippen LogP contribution is 2.23. The number of carboxylic acid groups (broad SMARTS) is 1. The molecular formula is C16H22N2O4S3. The Balaban J connectivity index is 1.74. The number of carboxylic acids is 1. The molecule has 1 aromatic heterocycles. The van der Waals surface area contributed by atoms with Gasteiger partial charge >= 0.3 is 5.97 Å². The van der Waals surface area contributed by atoms with Gasteiger partial charge in [0.25, 0.3) is 5.91 Å². The van der Waals surface area contributed by atoms with Gasteiger partial charge in [-0.15, -0.1) is 11.3 Å². The molecule has 6 nitrogen and oxygen atoms in total. The maximum atomic E-state index is 12.6. The molecule has 0 spiro atoms. The van der Waals surface area contributed by atoms with E-state index in [0.717, 1.165) is 12.8 Å². The molecule has 1 unspecified atom stereocenters. The number of nitrogens with zero attached hydrogens (tertiary/aromatic N) is 1. The predicted octanol–water partition coefficient (Wildman–Crippen LogP) is 2.72. The van der Waals surface area contributed by atoms with Crippen LogP contribution in [0.15, 0.2) is 17.5 Å². The van der Waals surface area contributed by atoms with Gasteiger partial charge in [-0.2, -0.15) is 0 Å². The summed E-state index contributed by atoms with van der Waals surface area (Å²) in [6.45, 7) is 1.13. The van der Waals surface area contributed by atoms with Crippen molar-refractivity contribution in [1.82, 2.24) is 10.2 Å². The normalized spacial score (nSPS) is 17.3. The van der Waals surface area contributed by atoms with Gasteiger partial charge in [0.2, 0.25) is 5.91 Å². The number of hydrogen-bond acceptors (Lipinski definition) is 6. The molecule has 0 saturated carbocycles. The van der Waals surface area contributed by atoms with Crippen molar-refractivity contribution in [2.24, 2.45) is 0 Å². The van der Waals surface area contributed by atoms with E-state index in [-0.39, 0.29) is 18.2 Å². The van der Waals surface area contributed by atoms with Crippen molar-refractivity contribution in [3.8, 4) is 0 Å². The van der Waals surface area contributed by atoms with Crippen molar-refractivity contribution in [2.45, 2.75) is 31.7 Å². The molecule has 1 atom stereocenters. The lowest BCUT2D eigenvalue weighted by Gasteiger charge is -2.34. The van der Waals surface area contributed by atoms with Crippen LogP contribution in [0.25, 0.3) is 0 Å². The largest absolute Gasteiger partial charge is 0.481 e. The number of amides is 2. The fourth-order valence-electron chi connectivity index (χ4n) is 2.57. The Bertz CT molecular complexity index is 580. The minimum atomic E-state index is -0.797. The van der Waals surface area contributed by atoms with Crippen LogP contribution in [0, 0.1) is 0 Å². The summed E-state index contributed by atoms with van der Waals surface area (Å²) in [7, 11) is 3.04. The van der Waals surface area contributed by atoms with Crippen LogP contribution in [-0.4, -0.2) is 58.4 Å². The standard InChI is InChI=1S/C16H22N2O4S3/c19-14(20)6-10-24-25-11-7-17-15(21)12-4-1-2-8-18(12)16(22)13-5-3-9-23-13/h3,5,9,12H,1-2,4,6-8,10-11H2,(H,17,21)(H,19,20). The quantitative estimate of drug-likeness (QED) is 0.488. The average molecular weight is 403 g/mol. The molecule has 1 aromatic rings. The molecule has 2 amide bonds. The number of piperidine rings is 1. The highest BCUT2D eigenvalue weighted by molar-refractivity contribution is 8.76. The van der Waals surface area contributed by atoms with Gasteiger partial charge in [-0.25, -0.2) is 0 Å². The van der Waals surface area contributed by atoms with E-state index >= 15 is 0 Å². The third-order valence-corrected chi connectivity index (χ3v) is 7.03. The molecule has 2 rings (SSSR count). The van der Waals surface area contributed by atoms with E-state index in [4.69, 9.17) is 5.11 Å². The summed E-state index contributed by atoms with van der Waals surface area (Å²) < 4.78 is 0. The number of carbonyl (C=O) groups is 3. The highest BCUT2D eigenvalue weighted by atomic mass is 33.1. The molecule has 2 N–H and O–H groups in total. The number of hydrogen-bond donors (Lipinski definition) is 2. The zero-order chi connectivity index (χ0) is 18.1. The molecule has 25 heavy (non-hydrogen) atoms. The summed E-state index contributed by atoms with van der Waals surface area (Å²) in [5.74, 6) is 0.310. The van der Waals surface area contributed by atoms with Crippen molar-refractivity contribution in [3.63, 3.8) is 0 Å². The van der Waals surface area contributed by atoms with Crippen LogP contribution >= 0.6 is 32.9 Å². The number of rotatable bonds is 9. The summed E-state index contributed by atoms with van der Waals surface area (Å²) in [6, 6.07) is 3.24. The van der Waals surface area contributed by atoms with E-state index in [9.17, 15) is 14.4 Å². The zero-order valence-electron chi connectivity index (χ0n) is 13.8. The van der Waals surface area contributed by atoms with Gasteiger partial charge in [0.1, 0.15) is 6.04 Å². The summed E-state index contributed by atoms with van der Waals surface area (Å²) in [6.07, 6.45) is 2.72. The lowest BCUT2D eigenvalue weighted by molar-refractivity contribution is -0.136. The first kappa shape index (κ1) is 20.1. The first-order chi connectivity index (χ1) is 12.1. The second-order valence-electron chi connectivity index (χ2n) is 5.57. The van der Waals surface area contributed by atoms with Gasteiger partial charge in [-0.3, -0.25) is 14.4 Å². The minimum absolute atomic E-state index is 0.0616. The van der Waals surface area contributed by atoms with Gasteiger partial charge in [0.05, 0.1) is 11.3 Å². The number of aliphatic carboxylic acids is 1. The average Bonchev–Trinajstić information content (AvgIpc) is 3.14. The molecule has 0 aromatic carbocycles. The van der Waals surface area contributed by atoms with E-state index in [1.54, 1.807) is 21.8 Å². The maximum absolute atomic E-state index is 12.6. The van der Waals surface area contributed by atoms with Crippen molar-refractivity contribution in [1.29, 1.82) is 0 Å². The summed E-state index contributed by atoms with van der Waals surface area (Å²) >= 11 is 1.40. The van der Waals surface area contributed by atoms with E-state index in [0.29, 0.717) is 35.9 Å². The smallest absolute Gasteiger partial charge is 0.304 e. The summed E-state index contributed by atoms with van der Waals surface area (Å²) in [4.78, 5) is 37.8. The summed E-state index contributed by atoms with van der Waals surface area (Å²) in [5.41, 5.74) is 0. The van der Waals surface area contributed by atoms with E-state index < -0.39 is 12.0 Å². The van der Waals surface area contributed by atoms with Crippen LogP contribution in [0.4, 0.5) is 0 Å². The van der Waals surface area contributed by atoms with Crippen molar-refractivity contribution in [3.05, 3.63) is 22.4 Å². The summed E-state index contributed by atoms with van der Waals surface area (Å²) in [5, 5.41) is 13.3. The molecule has 0 bridgehead atoms. The molecule has 0 aliphatic carbocycles. The molecule has 2 heterocycles. The van der Waals surface area contributed by atoms with Crippen LogP contribution in [0.5, 0.6) is 0 Å². The second-order valence-corrected chi connectivity index (χ2v) is 9.22. The van der Waals surface area contributed by atoms with E-state index in [2.05, 4.69) is 5.32 Å². The fraction of sp³-hybridized carbons (Fsp3) is 0.562. The lowest BCUT2D eigenvalue weighted by atomic mass is 10.0. The van der Waals surface area contributed by atoms with Gasteiger partial charge in [0.15, 0.2) is 0 Å². The number of likely N-dealkylation sites (tertiary alicyclic amines) is 1. The van der Waals surface area contributed by atoms with Crippen LogP contribution in [-0.2, 0) is 9.59 Å². The van der Waals surface area contributed by atoms with E-state index in [1.165, 1.54) is 22.1 Å². The second kappa shape index (κ2) is 10.7. The topological polar surface area (TPSA) is 86.7 Å². The van der Waals surface area contributed by atoms with E-state index in [1.807, 2.05) is 11.4 Å². The lowest BCUT2D eigenvalue weighted by Crippen LogP contribution is -2.52. The SMILES string of the molecule is O=C(O)CCSSCCNC(=O)C1CCCCN1C(=O)c1cccs1. The Morgan fingerprint density at radius 2 is 2.08 bits per heavy atom. The van der Waals surface area contributed by atoms with Crippen LogP contribution in [0.2, 0.25) is 0 Å². The molecule has 138 valence electrons. The predicted molar refractivity (Wildman–Crippen MR) is 103 cm³/mol. The molecule has 1 aliphatic rings. The Kier molecular flexibility index (Phi) is 8.63. The molecule has 1 aliphatic heterocycles. The minimum Gasteiger partial charge on any atom is -0.481 e. The molecule has 9 heteroatoms. The van der Waals surface area contributed by atoms with Gasteiger partial charge < -0.3 is 15.3 Å². The molecule has 1 saturated heterocycles. The maximum Gasteiger partial charge on any atom is 0.304 e. The van der Waals surface area contributed by atoms with Crippen LogP contribution < -0.4 is 5.32 Å². The number of carbonyl (C=O) groups excluding carboxylic acids is 2. The Hall–Kier alpha value is -1.19. The first-order valence-electron chi connectivity index (χ1n) is 8.18. The molecule has 1 fully saturated rings. The van der Waals surface area contributed by atoms with Crippen molar-refractivity contribution in [2.75, 3.05) is 24.6 Å². The third kappa shape index (κ3) is 6.56. The van der Waals surface area contributed by atoms with Crippen LogP contribution in [0.1, 0.15) is 35.4 Å². The third-order valence-electron chi connectivity index (χ3n) is 3.77. The Labute approximate surface area is 159 Å². The Morgan fingerprint density at radius 3 is 2.80 bits per heavy atom. The number of thiophene rings is 1. The van der Waals surface area contributed by atoms with Crippen molar-refractivity contribution >= 4 is 50.7 Å². The Morgan fingerprint density at radius 1 is 1.28 bits per heavy atom. The zero-order valence-corrected chi connectivity index (χ0v) is 16.3. The number of nitrogens with one attached hydrogen (secondary N) is 1. The highest BCUT2D eigenvalue weighted by Gasteiger charge is 2.32. The monoisotopic (exact) mass is 402 g/mol. The fourth-order valence-corrected chi connectivity index (χ4v) is 5.13. The van der Waals surface area contributed by atoms with Crippen molar-refractivity contribution < 1.29 is 19.5 Å². The van der Waals surface area contributed by atoms with Crippen LogP contribution in [0.3, 0.4) is 0 Å². The van der Waals surface area contributed by atoms with Gasteiger partial charge in [-0.1, -0.05) is 27.7 Å². The molecular weight excluding hydrogens is 380 g/mol. The van der Waals surface area contributed by atoms with Gasteiger partial charge in [-0.05, 0) is 30.7 Å².